The maximum atomic E-state index is 13.1. The Morgan fingerprint density at radius 1 is 1.23 bits per heavy atom. The van der Waals surface area contributed by atoms with Crippen molar-refractivity contribution in [3.63, 3.8) is 0 Å². The molecule has 0 radical (unpaired) electrons. The van der Waals surface area contributed by atoms with E-state index >= 15 is 0 Å². The molecule has 0 saturated carbocycles. The van der Waals surface area contributed by atoms with Gasteiger partial charge in [0.15, 0.2) is 0 Å². The Balaban J connectivity index is 1.35. The molecule has 0 spiro atoms. The summed E-state index contributed by atoms with van der Waals surface area (Å²) in [6.45, 7) is 6.07. The molecular formula is C22H24FN5OS. The van der Waals surface area contributed by atoms with E-state index in [9.17, 15) is 9.18 Å². The van der Waals surface area contributed by atoms with E-state index in [1.807, 2.05) is 43.0 Å². The molecule has 1 aliphatic rings. The lowest BCUT2D eigenvalue weighted by Crippen LogP contribution is -2.55. The molecule has 156 valence electrons. The summed E-state index contributed by atoms with van der Waals surface area (Å²) < 4.78 is 17.5. The van der Waals surface area contributed by atoms with Crippen molar-refractivity contribution >= 4 is 28.4 Å². The molecular weight excluding hydrogens is 401 g/mol. The van der Waals surface area contributed by atoms with Crippen LogP contribution < -0.4 is 10.2 Å². The molecule has 8 heteroatoms. The first-order chi connectivity index (χ1) is 14.5. The van der Waals surface area contributed by atoms with Crippen LogP contribution in [0.2, 0.25) is 0 Å². The minimum absolute atomic E-state index is 0.0491. The first-order valence-corrected chi connectivity index (χ1v) is 10.7. The Morgan fingerprint density at radius 2 is 2.03 bits per heavy atom. The SMILES string of the molecule is Cc1cccc(NC(=O)N2CCN(c3nc(Cc4ccc(F)cc4)ns3)CC2C)c1. The number of halogens is 1. The minimum Gasteiger partial charge on any atom is -0.343 e. The number of nitrogens with one attached hydrogen (secondary N) is 1. The Kier molecular flexibility index (Phi) is 5.94. The van der Waals surface area contributed by atoms with Crippen LogP contribution in [0.4, 0.5) is 20.0 Å². The number of aryl methyl sites for hydroxylation is 1. The van der Waals surface area contributed by atoms with Crippen LogP contribution in [0.1, 0.15) is 23.9 Å². The van der Waals surface area contributed by atoms with Crippen LogP contribution in [0, 0.1) is 12.7 Å². The van der Waals surface area contributed by atoms with E-state index < -0.39 is 0 Å². The van der Waals surface area contributed by atoms with Crippen LogP contribution in [0.5, 0.6) is 0 Å². The second-order valence-corrected chi connectivity index (χ2v) is 8.31. The number of rotatable bonds is 4. The highest BCUT2D eigenvalue weighted by molar-refractivity contribution is 7.09. The third kappa shape index (κ3) is 4.76. The predicted molar refractivity (Wildman–Crippen MR) is 118 cm³/mol. The van der Waals surface area contributed by atoms with Crippen LogP contribution in [-0.4, -0.2) is 46.0 Å². The van der Waals surface area contributed by atoms with Crippen molar-refractivity contribution in [3.05, 3.63) is 71.3 Å². The third-order valence-electron chi connectivity index (χ3n) is 5.16. The number of hydrogen-bond acceptors (Lipinski definition) is 5. The predicted octanol–water partition coefficient (Wildman–Crippen LogP) is 4.32. The van der Waals surface area contributed by atoms with Crippen molar-refractivity contribution in [3.8, 4) is 0 Å². The van der Waals surface area contributed by atoms with Crippen LogP contribution in [0.15, 0.2) is 48.5 Å². The lowest BCUT2D eigenvalue weighted by atomic mass is 10.1. The fourth-order valence-corrected chi connectivity index (χ4v) is 4.30. The summed E-state index contributed by atoms with van der Waals surface area (Å²) in [5.41, 5.74) is 2.90. The largest absolute Gasteiger partial charge is 0.343 e. The van der Waals surface area contributed by atoms with E-state index in [-0.39, 0.29) is 17.9 Å². The van der Waals surface area contributed by atoms with Gasteiger partial charge in [-0.2, -0.15) is 4.37 Å². The Hall–Kier alpha value is -3.00. The number of urea groups is 1. The standard InChI is InChI=1S/C22H24FN5OS/c1-15-4-3-5-19(12-15)24-21(29)28-11-10-27(14-16(28)2)22-25-20(26-30-22)13-17-6-8-18(23)9-7-17/h3-9,12,16H,10-11,13-14H2,1-2H3,(H,24,29). The minimum atomic E-state index is -0.246. The highest BCUT2D eigenvalue weighted by Crippen LogP contribution is 2.23. The zero-order valence-electron chi connectivity index (χ0n) is 17.0. The number of anilines is 2. The Morgan fingerprint density at radius 3 is 2.77 bits per heavy atom. The fourth-order valence-electron chi connectivity index (χ4n) is 3.58. The summed E-state index contributed by atoms with van der Waals surface area (Å²) in [5.74, 6) is 0.484. The lowest BCUT2D eigenvalue weighted by molar-refractivity contribution is 0.185. The topological polar surface area (TPSA) is 61.4 Å². The summed E-state index contributed by atoms with van der Waals surface area (Å²) in [5, 5.41) is 3.85. The Bertz CT molecular complexity index is 1020. The monoisotopic (exact) mass is 425 g/mol. The van der Waals surface area contributed by atoms with Gasteiger partial charge in [0.05, 0.1) is 0 Å². The average molecular weight is 426 g/mol. The molecule has 1 N–H and O–H groups in total. The van der Waals surface area contributed by atoms with Gasteiger partial charge in [0.1, 0.15) is 11.6 Å². The molecule has 1 aliphatic heterocycles. The van der Waals surface area contributed by atoms with Crippen molar-refractivity contribution in [1.29, 1.82) is 0 Å². The zero-order valence-corrected chi connectivity index (χ0v) is 17.8. The number of carbonyl (C=O) groups excluding carboxylic acids is 1. The number of amides is 2. The average Bonchev–Trinajstić information content (AvgIpc) is 3.18. The van der Waals surface area contributed by atoms with Crippen LogP contribution >= 0.6 is 11.5 Å². The van der Waals surface area contributed by atoms with E-state index in [0.717, 1.165) is 27.8 Å². The molecule has 0 aliphatic carbocycles. The number of nitrogens with zero attached hydrogens (tertiary/aromatic N) is 4. The van der Waals surface area contributed by atoms with Crippen molar-refractivity contribution in [1.82, 2.24) is 14.3 Å². The molecule has 1 aromatic heterocycles. The van der Waals surface area contributed by atoms with Gasteiger partial charge in [-0.25, -0.2) is 14.2 Å². The Labute approximate surface area is 179 Å². The van der Waals surface area contributed by atoms with Crippen molar-refractivity contribution in [2.75, 3.05) is 29.9 Å². The third-order valence-corrected chi connectivity index (χ3v) is 5.98. The molecule has 1 fully saturated rings. The van der Waals surface area contributed by atoms with Crippen LogP contribution in [0.25, 0.3) is 0 Å². The van der Waals surface area contributed by atoms with Gasteiger partial charge in [0, 0.05) is 49.3 Å². The number of aromatic nitrogens is 2. The van der Waals surface area contributed by atoms with Gasteiger partial charge in [0.2, 0.25) is 5.13 Å². The molecule has 6 nitrogen and oxygen atoms in total. The first kappa shape index (κ1) is 20.3. The van der Waals surface area contributed by atoms with Gasteiger partial charge in [-0.05, 0) is 49.2 Å². The van der Waals surface area contributed by atoms with Crippen molar-refractivity contribution in [2.24, 2.45) is 0 Å². The van der Waals surface area contributed by atoms with Crippen LogP contribution in [-0.2, 0) is 6.42 Å². The van der Waals surface area contributed by atoms with Gasteiger partial charge in [0.25, 0.3) is 0 Å². The molecule has 1 atom stereocenters. The zero-order chi connectivity index (χ0) is 21.1. The quantitative estimate of drug-likeness (QED) is 0.676. The molecule has 1 unspecified atom stereocenters. The molecule has 2 heterocycles. The smallest absolute Gasteiger partial charge is 0.322 e. The summed E-state index contributed by atoms with van der Waals surface area (Å²) in [6.07, 6.45) is 0.575. The summed E-state index contributed by atoms with van der Waals surface area (Å²) >= 11 is 1.37. The van der Waals surface area contributed by atoms with Crippen molar-refractivity contribution < 1.29 is 9.18 Å². The summed E-state index contributed by atoms with van der Waals surface area (Å²) in [4.78, 5) is 21.4. The van der Waals surface area contributed by atoms with E-state index in [0.29, 0.717) is 26.1 Å². The molecule has 3 aromatic rings. The molecule has 2 amide bonds. The number of piperazine rings is 1. The van der Waals surface area contributed by atoms with Gasteiger partial charge in [-0.15, -0.1) is 0 Å². The summed E-state index contributed by atoms with van der Waals surface area (Å²) in [6, 6.07) is 14.2. The number of benzene rings is 2. The molecule has 30 heavy (non-hydrogen) atoms. The fraction of sp³-hybridized carbons (Fsp3) is 0.318. The molecule has 1 saturated heterocycles. The summed E-state index contributed by atoms with van der Waals surface area (Å²) in [7, 11) is 0. The van der Waals surface area contributed by atoms with E-state index in [1.54, 1.807) is 12.1 Å². The normalized spacial score (nSPS) is 16.6. The van der Waals surface area contributed by atoms with E-state index in [4.69, 9.17) is 0 Å². The number of carbonyl (C=O) groups is 1. The molecule has 0 bridgehead atoms. The lowest BCUT2D eigenvalue weighted by Gasteiger charge is -2.39. The van der Waals surface area contributed by atoms with Gasteiger partial charge < -0.3 is 15.1 Å². The first-order valence-electron chi connectivity index (χ1n) is 9.94. The van der Waals surface area contributed by atoms with Gasteiger partial charge in [-0.3, -0.25) is 0 Å². The second-order valence-electron chi connectivity index (χ2n) is 7.58. The number of hydrogen-bond donors (Lipinski definition) is 1. The van der Waals surface area contributed by atoms with Gasteiger partial charge >= 0.3 is 6.03 Å². The highest BCUT2D eigenvalue weighted by Gasteiger charge is 2.29. The van der Waals surface area contributed by atoms with E-state index in [1.165, 1.54) is 23.7 Å². The van der Waals surface area contributed by atoms with Crippen molar-refractivity contribution in [2.45, 2.75) is 26.3 Å². The molecule has 2 aromatic carbocycles. The second kappa shape index (κ2) is 8.79. The van der Waals surface area contributed by atoms with E-state index in [2.05, 4.69) is 19.6 Å². The van der Waals surface area contributed by atoms with Gasteiger partial charge in [-0.1, -0.05) is 24.3 Å². The maximum Gasteiger partial charge on any atom is 0.322 e. The van der Waals surface area contributed by atoms with Crippen LogP contribution in [0.3, 0.4) is 0 Å². The highest BCUT2D eigenvalue weighted by atomic mass is 32.1. The molecule has 4 rings (SSSR count). The maximum absolute atomic E-state index is 13.1.